The van der Waals surface area contributed by atoms with E-state index in [9.17, 15) is 14.0 Å². The lowest BCUT2D eigenvalue weighted by atomic mass is 10.1. The van der Waals surface area contributed by atoms with Crippen molar-refractivity contribution in [2.75, 3.05) is 26.2 Å². The van der Waals surface area contributed by atoms with Crippen LogP contribution in [0.5, 0.6) is 0 Å². The van der Waals surface area contributed by atoms with Gasteiger partial charge in [0.25, 0.3) is 0 Å². The maximum absolute atomic E-state index is 13.1. The number of carbonyl (C=O) groups is 2. The molecule has 2 amide bonds. The molecule has 0 radical (unpaired) electrons. The third-order valence-electron chi connectivity index (χ3n) is 4.58. The van der Waals surface area contributed by atoms with Crippen LogP contribution in [0, 0.1) is 5.82 Å². The van der Waals surface area contributed by atoms with Gasteiger partial charge in [-0.25, -0.2) is 4.39 Å². The minimum Gasteiger partial charge on any atom is -0.376 e. The zero-order valence-corrected chi connectivity index (χ0v) is 13.7. The molecule has 5 nitrogen and oxygen atoms in total. The second-order valence-corrected chi connectivity index (χ2v) is 6.45. The van der Waals surface area contributed by atoms with Gasteiger partial charge in [0.2, 0.25) is 11.8 Å². The molecule has 2 aliphatic rings. The zero-order chi connectivity index (χ0) is 16.9. The van der Waals surface area contributed by atoms with Gasteiger partial charge in [0, 0.05) is 32.7 Å². The van der Waals surface area contributed by atoms with E-state index in [0.717, 1.165) is 31.4 Å². The number of rotatable bonds is 6. The summed E-state index contributed by atoms with van der Waals surface area (Å²) in [6.07, 6.45) is 3.33. The van der Waals surface area contributed by atoms with Gasteiger partial charge >= 0.3 is 0 Å². The molecule has 24 heavy (non-hydrogen) atoms. The first kappa shape index (κ1) is 16.9. The summed E-state index contributed by atoms with van der Waals surface area (Å²) in [7, 11) is 0. The third-order valence-corrected chi connectivity index (χ3v) is 4.58. The molecule has 1 aromatic carbocycles. The van der Waals surface area contributed by atoms with Gasteiger partial charge in [-0.15, -0.1) is 0 Å². The van der Waals surface area contributed by atoms with E-state index >= 15 is 0 Å². The molecule has 1 aromatic rings. The number of hydrogen-bond donors (Lipinski definition) is 0. The van der Waals surface area contributed by atoms with E-state index in [1.165, 1.54) is 12.1 Å². The minimum absolute atomic E-state index is 0.0437. The van der Waals surface area contributed by atoms with Crippen LogP contribution in [0.2, 0.25) is 0 Å². The van der Waals surface area contributed by atoms with Crippen LogP contribution in [0.25, 0.3) is 0 Å². The number of ether oxygens (including phenoxy) is 1. The van der Waals surface area contributed by atoms with E-state index in [0.29, 0.717) is 26.1 Å². The van der Waals surface area contributed by atoms with Crippen LogP contribution in [0.4, 0.5) is 4.39 Å². The van der Waals surface area contributed by atoms with Crippen LogP contribution in [0.15, 0.2) is 24.3 Å². The Bertz CT molecular complexity index is 584. The smallest absolute Gasteiger partial charge is 0.242 e. The highest BCUT2D eigenvalue weighted by Gasteiger charge is 2.27. The summed E-state index contributed by atoms with van der Waals surface area (Å²) in [6.45, 7) is 2.41. The Balaban J connectivity index is 1.66. The van der Waals surface area contributed by atoms with Gasteiger partial charge in [-0.2, -0.15) is 0 Å². The second-order valence-electron chi connectivity index (χ2n) is 6.45. The topological polar surface area (TPSA) is 49.9 Å². The Morgan fingerprint density at radius 1 is 1.29 bits per heavy atom. The van der Waals surface area contributed by atoms with Gasteiger partial charge < -0.3 is 14.5 Å². The first-order chi connectivity index (χ1) is 11.6. The standard InChI is InChI=1S/C18H23FN2O3/c19-15-7-5-14(6-8-15)11-21(12-16-3-2-10-24-16)18(23)13-20-9-1-4-17(20)22/h5-8,16H,1-4,9-13H2/t16-/m0/s1. The van der Waals surface area contributed by atoms with Gasteiger partial charge in [0.1, 0.15) is 5.82 Å². The Kier molecular flexibility index (Phi) is 5.45. The molecule has 3 rings (SSSR count). The van der Waals surface area contributed by atoms with Crippen molar-refractivity contribution in [1.29, 1.82) is 0 Å². The van der Waals surface area contributed by atoms with Crippen LogP contribution in [-0.4, -0.2) is 54.0 Å². The summed E-state index contributed by atoms with van der Waals surface area (Å²) < 4.78 is 18.7. The Hall–Kier alpha value is -1.95. The molecule has 0 bridgehead atoms. The number of hydrogen-bond acceptors (Lipinski definition) is 3. The molecule has 0 unspecified atom stereocenters. The molecule has 2 heterocycles. The molecule has 0 aliphatic carbocycles. The first-order valence-electron chi connectivity index (χ1n) is 8.53. The molecule has 2 aliphatic heterocycles. The fraction of sp³-hybridized carbons (Fsp3) is 0.556. The Morgan fingerprint density at radius 3 is 2.71 bits per heavy atom. The van der Waals surface area contributed by atoms with Crippen molar-refractivity contribution in [3.63, 3.8) is 0 Å². The van der Waals surface area contributed by atoms with Crippen molar-refractivity contribution < 1.29 is 18.7 Å². The lowest BCUT2D eigenvalue weighted by Crippen LogP contribution is -2.43. The van der Waals surface area contributed by atoms with Crippen LogP contribution >= 0.6 is 0 Å². The number of likely N-dealkylation sites (tertiary alicyclic amines) is 1. The van der Waals surface area contributed by atoms with E-state index in [-0.39, 0.29) is 30.3 Å². The molecule has 1 atom stereocenters. The predicted octanol–water partition coefficient (Wildman–Crippen LogP) is 1.96. The van der Waals surface area contributed by atoms with Gasteiger partial charge in [0.05, 0.1) is 12.6 Å². The van der Waals surface area contributed by atoms with Crippen molar-refractivity contribution in [1.82, 2.24) is 9.80 Å². The molecular formula is C18H23FN2O3. The summed E-state index contributed by atoms with van der Waals surface area (Å²) in [5.41, 5.74) is 0.871. The predicted molar refractivity (Wildman–Crippen MR) is 86.6 cm³/mol. The van der Waals surface area contributed by atoms with Gasteiger partial charge in [-0.1, -0.05) is 12.1 Å². The van der Waals surface area contributed by atoms with Crippen LogP contribution in [-0.2, 0) is 20.9 Å². The highest BCUT2D eigenvalue weighted by molar-refractivity contribution is 5.85. The highest BCUT2D eigenvalue weighted by atomic mass is 19.1. The summed E-state index contributed by atoms with van der Waals surface area (Å²) in [6, 6.07) is 6.17. The fourth-order valence-corrected chi connectivity index (χ4v) is 3.23. The van der Waals surface area contributed by atoms with E-state index in [2.05, 4.69) is 0 Å². The maximum atomic E-state index is 13.1. The van der Waals surface area contributed by atoms with E-state index < -0.39 is 0 Å². The number of carbonyl (C=O) groups excluding carboxylic acids is 2. The van der Waals surface area contributed by atoms with Crippen molar-refractivity contribution in [3.05, 3.63) is 35.6 Å². The molecule has 2 fully saturated rings. The van der Waals surface area contributed by atoms with E-state index in [1.807, 2.05) is 0 Å². The number of benzene rings is 1. The monoisotopic (exact) mass is 334 g/mol. The van der Waals surface area contributed by atoms with Crippen molar-refractivity contribution in [2.45, 2.75) is 38.3 Å². The van der Waals surface area contributed by atoms with Gasteiger partial charge in [0.15, 0.2) is 0 Å². The SMILES string of the molecule is O=C1CCCN1CC(=O)N(Cc1ccc(F)cc1)C[C@@H]1CCCO1. The first-order valence-corrected chi connectivity index (χ1v) is 8.53. The summed E-state index contributed by atoms with van der Waals surface area (Å²) in [5, 5.41) is 0. The van der Waals surface area contributed by atoms with E-state index in [4.69, 9.17) is 4.74 Å². The van der Waals surface area contributed by atoms with Gasteiger partial charge in [-0.3, -0.25) is 9.59 Å². The lowest BCUT2D eigenvalue weighted by Gasteiger charge is -2.27. The number of halogens is 1. The second kappa shape index (κ2) is 7.75. The summed E-state index contributed by atoms with van der Waals surface area (Å²) in [4.78, 5) is 27.8. The molecule has 0 spiro atoms. The van der Waals surface area contributed by atoms with Crippen LogP contribution in [0.3, 0.4) is 0 Å². The molecular weight excluding hydrogens is 311 g/mol. The number of amides is 2. The quantitative estimate of drug-likeness (QED) is 0.799. The van der Waals surface area contributed by atoms with Crippen molar-refractivity contribution in [3.8, 4) is 0 Å². The van der Waals surface area contributed by atoms with Crippen LogP contribution in [0.1, 0.15) is 31.2 Å². The largest absolute Gasteiger partial charge is 0.376 e. The highest BCUT2D eigenvalue weighted by Crippen LogP contribution is 2.17. The molecule has 130 valence electrons. The molecule has 0 N–H and O–H groups in total. The molecule has 0 aromatic heterocycles. The molecule has 0 saturated carbocycles. The van der Waals surface area contributed by atoms with Crippen molar-refractivity contribution in [2.24, 2.45) is 0 Å². The maximum Gasteiger partial charge on any atom is 0.242 e. The third kappa shape index (κ3) is 4.32. The average Bonchev–Trinajstić information content (AvgIpc) is 3.21. The Labute approximate surface area is 141 Å². The molecule has 6 heteroatoms. The van der Waals surface area contributed by atoms with Crippen LogP contribution < -0.4 is 0 Å². The summed E-state index contributed by atoms with van der Waals surface area (Å²) in [5.74, 6) is -0.328. The van der Waals surface area contributed by atoms with E-state index in [1.54, 1.807) is 21.9 Å². The van der Waals surface area contributed by atoms with Crippen molar-refractivity contribution >= 4 is 11.8 Å². The fourth-order valence-electron chi connectivity index (χ4n) is 3.23. The normalized spacial score (nSPS) is 20.6. The zero-order valence-electron chi connectivity index (χ0n) is 13.7. The molecule has 2 saturated heterocycles. The Morgan fingerprint density at radius 2 is 2.08 bits per heavy atom. The number of nitrogens with zero attached hydrogens (tertiary/aromatic N) is 2. The average molecular weight is 334 g/mol. The minimum atomic E-state index is -0.293. The van der Waals surface area contributed by atoms with Gasteiger partial charge in [-0.05, 0) is 37.0 Å². The lowest BCUT2D eigenvalue weighted by molar-refractivity contribution is -0.139. The summed E-state index contributed by atoms with van der Waals surface area (Å²) >= 11 is 0.